The smallest absolute Gasteiger partial charge is 0.241 e. The normalized spacial score (nSPS) is 10.8. The molecule has 17 heavy (non-hydrogen) atoms. The van der Waals surface area contributed by atoms with Gasteiger partial charge in [-0.15, -0.1) is 10.2 Å². The van der Waals surface area contributed by atoms with Crippen LogP contribution in [0.5, 0.6) is 11.8 Å². The summed E-state index contributed by atoms with van der Waals surface area (Å²) in [7, 11) is 0. The summed E-state index contributed by atoms with van der Waals surface area (Å²) in [4.78, 5) is 0. The molecule has 4 heteroatoms. The maximum Gasteiger partial charge on any atom is 0.241 e. The SMILES string of the molecule is CCOc1nnc(OC(C)C)c2ccccc12. The van der Waals surface area contributed by atoms with Crippen LogP contribution in [0.4, 0.5) is 0 Å². The molecule has 0 fully saturated rings. The highest BCUT2D eigenvalue weighted by Gasteiger charge is 2.11. The first kappa shape index (κ1) is 11.6. The summed E-state index contributed by atoms with van der Waals surface area (Å²) in [5, 5.41) is 9.98. The second-order valence-corrected chi connectivity index (χ2v) is 3.96. The fraction of sp³-hybridized carbons (Fsp3) is 0.385. The van der Waals surface area contributed by atoms with Gasteiger partial charge in [0.05, 0.1) is 23.5 Å². The van der Waals surface area contributed by atoms with Gasteiger partial charge in [-0.3, -0.25) is 0 Å². The van der Waals surface area contributed by atoms with Crippen LogP contribution in [-0.2, 0) is 0 Å². The predicted octanol–water partition coefficient (Wildman–Crippen LogP) is 2.82. The zero-order valence-electron chi connectivity index (χ0n) is 10.3. The maximum absolute atomic E-state index is 5.63. The molecule has 0 bridgehead atoms. The molecule has 0 saturated heterocycles. The molecule has 2 rings (SSSR count). The molecule has 0 saturated carbocycles. The van der Waals surface area contributed by atoms with Crippen LogP contribution in [0.15, 0.2) is 24.3 Å². The van der Waals surface area contributed by atoms with Crippen molar-refractivity contribution < 1.29 is 9.47 Å². The Hall–Kier alpha value is -1.84. The molecule has 0 aliphatic carbocycles. The highest BCUT2D eigenvalue weighted by atomic mass is 16.5. The van der Waals surface area contributed by atoms with Crippen LogP contribution in [0.1, 0.15) is 20.8 Å². The predicted molar refractivity (Wildman–Crippen MR) is 66.5 cm³/mol. The van der Waals surface area contributed by atoms with Gasteiger partial charge >= 0.3 is 0 Å². The summed E-state index contributed by atoms with van der Waals surface area (Å²) < 4.78 is 11.1. The van der Waals surface area contributed by atoms with Gasteiger partial charge in [0, 0.05) is 0 Å². The first-order chi connectivity index (χ1) is 8.22. The van der Waals surface area contributed by atoms with Crippen molar-refractivity contribution in [2.75, 3.05) is 6.61 Å². The molecule has 0 aliphatic rings. The Kier molecular flexibility index (Phi) is 3.42. The van der Waals surface area contributed by atoms with Crippen molar-refractivity contribution in [3.05, 3.63) is 24.3 Å². The van der Waals surface area contributed by atoms with Crippen molar-refractivity contribution in [1.29, 1.82) is 0 Å². The minimum Gasteiger partial charge on any atom is -0.476 e. The van der Waals surface area contributed by atoms with Gasteiger partial charge in [-0.25, -0.2) is 0 Å². The monoisotopic (exact) mass is 232 g/mol. The number of ether oxygens (including phenoxy) is 2. The Labute approximate surface area is 101 Å². The topological polar surface area (TPSA) is 44.2 Å². The molecule has 1 heterocycles. The lowest BCUT2D eigenvalue weighted by atomic mass is 10.2. The number of rotatable bonds is 4. The van der Waals surface area contributed by atoms with Crippen molar-refractivity contribution in [1.82, 2.24) is 10.2 Å². The van der Waals surface area contributed by atoms with E-state index >= 15 is 0 Å². The Balaban J connectivity index is 2.54. The molecule has 0 aliphatic heterocycles. The lowest BCUT2D eigenvalue weighted by Crippen LogP contribution is -2.08. The first-order valence-corrected chi connectivity index (χ1v) is 5.77. The molecular formula is C13H16N2O2. The van der Waals surface area contributed by atoms with Gasteiger partial charge in [-0.1, -0.05) is 12.1 Å². The molecule has 2 aromatic rings. The number of hydrogen-bond donors (Lipinski definition) is 0. The zero-order chi connectivity index (χ0) is 12.3. The van der Waals surface area contributed by atoms with Crippen LogP contribution in [0.25, 0.3) is 10.8 Å². The second-order valence-electron chi connectivity index (χ2n) is 3.96. The molecule has 0 amide bonds. The minimum atomic E-state index is 0.0747. The van der Waals surface area contributed by atoms with Crippen LogP contribution >= 0.6 is 0 Å². The summed E-state index contributed by atoms with van der Waals surface area (Å²) in [6, 6.07) is 7.82. The molecule has 0 spiro atoms. The Morgan fingerprint density at radius 2 is 1.65 bits per heavy atom. The van der Waals surface area contributed by atoms with Crippen molar-refractivity contribution in [3.63, 3.8) is 0 Å². The van der Waals surface area contributed by atoms with E-state index in [2.05, 4.69) is 10.2 Å². The molecule has 0 atom stereocenters. The van der Waals surface area contributed by atoms with E-state index < -0.39 is 0 Å². The quantitative estimate of drug-likeness (QED) is 0.813. The summed E-state index contributed by atoms with van der Waals surface area (Å²) in [5.74, 6) is 1.11. The first-order valence-electron chi connectivity index (χ1n) is 5.77. The van der Waals surface area contributed by atoms with Crippen LogP contribution < -0.4 is 9.47 Å². The third-order valence-electron chi connectivity index (χ3n) is 2.25. The number of nitrogens with zero attached hydrogens (tertiary/aromatic N) is 2. The zero-order valence-corrected chi connectivity index (χ0v) is 10.3. The van der Waals surface area contributed by atoms with E-state index in [1.54, 1.807) is 0 Å². The summed E-state index contributed by atoms with van der Waals surface area (Å²) in [6.45, 7) is 6.43. The largest absolute Gasteiger partial charge is 0.476 e. The lowest BCUT2D eigenvalue weighted by molar-refractivity contribution is 0.231. The van der Waals surface area contributed by atoms with Crippen LogP contribution in [0, 0.1) is 0 Å². The molecule has 0 unspecified atom stereocenters. The van der Waals surface area contributed by atoms with E-state index in [1.807, 2.05) is 45.0 Å². The average Bonchev–Trinajstić information content (AvgIpc) is 2.32. The third kappa shape index (κ3) is 2.46. The fourth-order valence-electron chi connectivity index (χ4n) is 1.61. The van der Waals surface area contributed by atoms with Crippen LogP contribution in [0.3, 0.4) is 0 Å². The van der Waals surface area contributed by atoms with E-state index in [0.717, 1.165) is 10.8 Å². The summed E-state index contributed by atoms with van der Waals surface area (Å²) in [6.07, 6.45) is 0.0747. The summed E-state index contributed by atoms with van der Waals surface area (Å²) >= 11 is 0. The van der Waals surface area contributed by atoms with Crippen molar-refractivity contribution in [2.45, 2.75) is 26.9 Å². The van der Waals surface area contributed by atoms with Gasteiger partial charge in [0.15, 0.2) is 0 Å². The molecule has 1 aromatic heterocycles. The van der Waals surface area contributed by atoms with Crippen molar-refractivity contribution in [3.8, 4) is 11.8 Å². The highest BCUT2D eigenvalue weighted by Crippen LogP contribution is 2.29. The third-order valence-corrected chi connectivity index (χ3v) is 2.25. The summed E-state index contributed by atoms with van der Waals surface area (Å²) in [5.41, 5.74) is 0. The Morgan fingerprint density at radius 1 is 1.06 bits per heavy atom. The van der Waals surface area contributed by atoms with Gasteiger partial charge in [0.25, 0.3) is 0 Å². The van der Waals surface area contributed by atoms with E-state index in [1.165, 1.54) is 0 Å². The van der Waals surface area contributed by atoms with Crippen molar-refractivity contribution >= 4 is 10.8 Å². The molecular weight excluding hydrogens is 216 g/mol. The number of aromatic nitrogens is 2. The Bertz CT molecular complexity index is 512. The second kappa shape index (κ2) is 4.99. The minimum absolute atomic E-state index is 0.0747. The molecule has 0 N–H and O–H groups in total. The Morgan fingerprint density at radius 3 is 2.24 bits per heavy atom. The van der Waals surface area contributed by atoms with Gasteiger partial charge in [0.1, 0.15) is 0 Å². The van der Waals surface area contributed by atoms with Gasteiger partial charge < -0.3 is 9.47 Å². The van der Waals surface area contributed by atoms with E-state index in [9.17, 15) is 0 Å². The number of benzene rings is 1. The van der Waals surface area contributed by atoms with Crippen LogP contribution in [0.2, 0.25) is 0 Å². The molecule has 0 radical (unpaired) electrons. The lowest BCUT2D eigenvalue weighted by Gasteiger charge is -2.12. The highest BCUT2D eigenvalue weighted by molar-refractivity contribution is 5.90. The van der Waals surface area contributed by atoms with E-state index in [-0.39, 0.29) is 6.10 Å². The van der Waals surface area contributed by atoms with E-state index in [4.69, 9.17) is 9.47 Å². The standard InChI is InChI=1S/C13H16N2O2/c1-4-16-12-10-7-5-6-8-11(10)13(15-14-12)17-9(2)3/h5-9H,4H2,1-3H3. The fourth-order valence-corrected chi connectivity index (χ4v) is 1.61. The molecule has 90 valence electrons. The van der Waals surface area contributed by atoms with Crippen LogP contribution in [-0.4, -0.2) is 22.9 Å². The molecule has 1 aromatic carbocycles. The van der Waals surface area contributed by atoms with Gasteiger partial charge in [0.2, 0.25) is 11.8 Å². The number of fused-ring (bicyclic) bond motifs is 1. The van der Waals surface area contributed by atoms with Gasteiger partial charge in [-0.05, 0) is 32.9 Å². The maximum atomic E-state index is 5.63. The van der Waals surface area contributed by atoms with Gasteiger partial charge in [-0.2, -0.15) is 0 Å². The number of hydrogen-bond acceptors (Lipinski definition) is 4. The van der Waals surface area contributed by atoms with Crippen molar-refractivity contribution in [2.24, 2.45) is 0 Å². The molecule has 4 nitrogen and oxygen atoms in total. The average molecular weight is 232 g/mol. The van der Waals surface area contributed by atoms with E-state index in [0.29, 0.717) is 18.4 Å².